The van der Waals surface area contributed by atoms with Gasteiger partial charge in [0.15, 0.2) is 0 Å². The van der Waals surface area contributed by atoms with Crippen LogP contribution in [0.3, 0.4) is 0 Å². The van der Waals surface area contributed by atoms with Gasteiger partial charge in [0.25, 0.3) is 5.91 Å². The van der Waals surface area contributed by atoms with Gasteiger partial charge in [0, 0.05) is 35.0 Å². The number of rotatable bonds is 5. The minimum absolute atomic E-state index is 0.0827. The first-order chi connectivity index (χ1) is 15.9. The van der Waals surface area contributed by atoms with E-state index in [0.717, 1.165) is 27.9 Å². The van der Waals surface area contributed by atoms with Crippen LogP contribution in [0, 0.1) is 25.5 Å². The molecule has 2 aromatic heterocycles. The fraction of sp³-hybridized carbons (Fsp3) is 0.167. The number of hydrogen-bond donors (Lipinski definition) is 3. The van der Waals surface area contributed by atoms with Crippen LogP contribution in [0.15, 0.2) is 59.7 Å². The number of amides is 1. The number of aromatic nitrogens is 3. The molecule has 0 spiro atoms. The fourth-order valence-electron chi connectivity index (χ4n) is 3.46. The summed E-state index contributed by atoms with van der Waals surface area (Å²) >= 11 is 0. The van der Waals surface area contributed by atoms with Crippen molar-refractivity contribution in [3.8, 4) is 0 Å². The lowest BCUT2D eigenvalue weighted by atomic mass is 10.1. The molecule has 7 nitrogen and oxygen atoms in total. The number of nitrogens with one attached hydrogen (secondary N) is 3. The van der Waals surface area contributed by atoms with Gasteiger partial charge in [-0.15, -0.1) is 0 Å². The van der Waals surface area contributed by atoms with Crippen molar-refractivity contribution in [2.75, 3.05) is 11.9 Å². The van der Waals surface area contributed by atoms with Crippen LogP contribution in [0.2, 0.25) is 0 Å². The molecule has 0 saturated heterocycles. The summed E-state index contributed by atoms with van der Waals surface area (Å²) in [6.45, 7) is 3.92. The van der Waals surface area contributed by atoms with Gasteiger partial charge in [0.1, 0.15) is 11.6 Å². The van der Waals surface area contributed by atoms with Gasteiger partial charge in [-0.25, -0.2) is 18.7 Å². The lowest BCUT2D eigenvalue weighted by Crippen LogP contribution is -2.37. The highest BCUT2D eigenvalue weighted by molar-refractivity contribution is 6.09. The summed E-state index contributed by atoms with van der Waals surface area (Å²) in [5.74, 6) is -1.28. The van der Waals surface area contributed by atoms with Crippen molar-refractivity contribution in [3.63, 3.8) is 0 Å². The first kappa shape index (κ1) is 22.1. The van der Waals surface area contributed by atoms with E-state index in [9.17, 15) is 13.6 Å². The molecule has 33 heavy (non-hydrogen) atoms. The molecular weight excluding hydrogens is 426 g/mol. The average Bonchev–Trinajstić information content (AvgIpc) is 3.15. The standard InChI is InChI=1S/C24H22F2N6O/c1-14-11-15(2)30-24(29-14)32-23(31-22(33)18-5-3-4-6-20(18)26)27-10-9-16-13-28-21-8-7-17(25)12-19(16)21/h3-8,11-13,28H,9-10H2,1-2H3,(H2,27,29,30,31,32,33). The lowest BCUT2D eigenvalue weighted by Gasteiger charge is -2.12. The number of benzene rings is 2. The van der Waals surface area contributed by atoms with Crippen LogP contribution in [0.5, 0.6) is 0 Å². The lowest BCUT2D eigenvalue weighted by molar-refractivity contribution is 0.0973. The topological polar surface area (TPSA) is 95.1 Å². The molecule has 2 aromatic carbocycles. The van der Waals surface area contributed by atoms with Crippen LogP contribution in [0.25, 0.3) is 10.9 Å². The molecular formula is C24H22F2N6O. The van der Waals surface area contributed by atoms with E-state index in [-0.39, 0.29) is 29.8 Å². The Balaban J connectivity index is 1.56. The van der Waals surface area contributed by atoms with E-state index in [4.69, 9.17) is 0 Å². The second-order valence-corrected chi connectivity index (χ2v) is 7.52. The van der Waals surface area contributed by atoms with Crippen LogP contribution >= 0.6 is 0 Å². The molecule has 0 unspecified atom stereocenters. The van der Waals surface area contributed by atoms with Crippen molar-refractivity contribution in [1.29, 1.82) is 0 Å². The highest BCUT2D eigenvalue weighted by Crippen LogP contribution is 2.20. The average molecular weight is 448 g/mol. The van der Waals surface area contributed by atoms with Crippen molar-refractivity contribution in [2.45, 2.75) is 20.3 Å². The maximum atomic E-state index is 14.1. The monoisotopic (exact) mass is 448 g/mol. The number of aryl methyl sites for hydroxylation is 2. The second kappa shape index (κ2) is 9.56. The van der Waals surface area contributed by atoms with Gasteiger partial charge in [-0.05, 0) is 62.2 Å². The minimum atomic E-state index is -0.655. The first-order valence-corrected chi connectivity index (χ1v) is 10.3. The van der Waals surface area contributed by atoms with E-state index in [2.05, 4.69) is 30.6 Å². The van der Waals surface area contributed by atoms with Gasteiger partial charge in [0.05, 0.1) is 5.56 Å². The number of halogens is 2. The summed E-state index contributed by atoms with van der Waals surface area (Å²) in [5.41, 5.74) is 3.08. The van der Waals surface area contributed by atoms with Crippen molar-refractivity contribution in [1.82, 2.24) is 20.3 Å². The first-order valence-electron chi connectivity index (χ1n) is 10.3. The normalized spacial score (nSPS) is 11.6. The largest absolute Gasteiger partial charge is 0.361 e. The number of H-pyrrole nitrogens is 1. The number of anilines is 1. The molecule has 0 radical (unpaired) electrons. The number of carbonyl (C=O) groups is 1. The van der Waals surface area contributed by atoms with Gasteiger partial charge in [-0.2, -0.15) is 0 Å². The van der Waals surface area contributed by atoms with Crippen LogP contribution in [-0.2, 0) is 6.42 Å². The van der Waals surface area contributed by atoms with Crippen LogP contribution in [-0.4, -0.2) is 33.4 Å². The van der Waals surface area contributed by atoms with E-state index in [1.54, 1.807) is 18.3 Å². The van der Waals surface area contributed by atoms with Crippen molar-refractivity contribution in [2.24, 2.45) is 4.99 Å². The number of nitrogens with zero attached hydrogens (tertiary/aromatic N) is 3. The van der Waals surface area contributed by atoms with E-state index in [1.165, 1.54) is 30.3 Å². The Morgan fingerprint density at radius 2 is 1.82 bits per heavy atom. The van der Waals surface area contributed by atoms with Crippen LogP contribution in [0.1, 0.15) is 27.3 Å². The zero-order valence-corrected chi connectivity index (χ0v) is 18.1. The van der Waals surface area contributed by atoms with Crippen LogP contribution in [0.4, 0.5) is 14.7 Å². The molecule has 0 bridgehead atoms. The Kier molecular flexibility index (Phi) is 6.39. The summed E-state index contributed by atoms with van der Waals surface area (Å²) in [6.07, 6.45) is 2.29. The smallest absolute Gasteiger partial charge is 0.260 e. The third-order valence-corrected chi connectivity index (χ3v) is 4.94. The van der Waals surface area contributed by atoms with E-state index >= 15 is 0 Å². The van der Waals surface area contributed by atoms with Gasteiger partial charge in [-0.1, -0.05) is 12.1 Å². The maximum absolute atomic E-state index is 14.1. The molecule has 4 aromatic rings. The summed E-state index contributed by atoms with van der Waals surface area (Å²) in [6, 6.07) is 12.0. The minimum Gasteiger partial charge on any atom is -0.361 e. The number of aliphatic imine (C=N–C) groups is 1. The van der Waals surface area contributed by atoms with Crippen molar-refractivity contribution >= 4 is 28.7 Å². The third-order valence-electron chi connectivity index (χ3n) is 4.94. The summed E-state index contributed by atoms with van der Waals surface area (Å²) in [7, 11) is 0. The molecule has 1 amide bonds. The maximum Gasteiger partial charge on any atom is 0.260 e. The highest BCUT2D eigenvalue weighted by atomic mass is 19.1. The molecule has 168 valence electrons. The van der Waals surface area contributed by atoms with Crippen LogP contribution < -0.4 is 10.6 Å². The molecule has 4 rings (SSSR count). The second-order valence-electron chi connectivity index (χ2n) is 7.52. The Bertz CT molecular complexity index is 1330. The van der Waals surface area contributed by atoms with Gasteiger partial charge >= 0.3 is 0 Å². The Labute approximate surface area is 189 Å². The van der Waals surface area contributed by atoms with Crippen molar-refractivity contribution in [3.05, 3.63) is 88.9 Å². The Hall–Kier alpha value is -4.14. The predicted octanol–water partition coefficient (Wildman–Crippen LogP) is 4.29. The molecule has 2 heterocycles. The molecule has 3 N–H and O–H groups in total. The molecule has 0 aliphatic carbocycles. The predicted molar refractivity (Wildman–Crippen MR) is 123 cm³/mol. The number of guanidine groups is 1. The molecule has 0 saturated carbocycles. The molecule has 0 fully saturated rings. The number of fused-ring (bicyclic) bond motifs is 1. The quantitative estimate of drug-likeness (QED) is 0.314. The zero-order chi connectivity index (χ0) is 23.4. The highest BCUT2D eigenvalue weighted by Gasteiger charge is 2.14. The summed E-state index contributed by atoms with van der Waals surface area (Å²) in [4.78, 5) is 28.8. The Morgan fingerprint density at radius 3 is 2.58 bits per heavy atom. The number of carbonyl (C=O) groups excluding carboxylic acids is 1. The molecule has 9 heteroatoms. The molecule has 0 aliphatic heterocycles. The Morgan fingerprint density at radius 1 is 1.06 bits per heavy atom. The summed E-state index contributed by atoms with van der Waals surface area (Å²) < 4.78 is 27.7. The number of hydrogen-bond acceptors (Lipinski definition) is 4. The molecule has 0 aliphatic rings. The third kappa shape index (κ3) is 5.38. The van der Waals surface area contributed by atoms with E-state index in [1.807, 2.05) is 19.9 Å². The SMILES string of the molecule is Cc1cc(C)nc(NC(=NCCc2c[nH]c3ccc(F)cc23)NC(=O)c2ccccc2F)n1. The van der Waals surface area contributed by atoms with E-state index in [0.29, 0.717) is 6.42 Å². The fourth-order valence-corrected chi connectivity index (χ4v) is 3.46. The summed E-state index contributed by atoms with van der Waals surface area (Å²) in [5, 5.41) is 6.28. The van der Waals surface area contributed by atoms with Crippen molar-refractivity contribution < 1.29 is 13.6 Å². The van der Waals surface area contributed by atoms with Gasteiger partial charge in [0.2, 0.25) is 11.9 Å². The zero-order valence-electron chi connectivity index (χ0n) is 18.1. The molecule has 0 atom stereocenters. The van der Waals surface area contributed by atoms with Gasteiger partial charge in [-0.3, -0.25) is 20.4 Å². The van der Waals surface area contributed by atoms with Gasteiger partial charge < -0.3 is 4.98 Å². The van der Waals surface area contributed by atoms with E-state index < -0.39 is 11.7 Å². The number of aromatic amines is 1.